The van der Waals surface area contributed by atoms with Crippen molar-refractivity contribution in [2.24, 2.45) is 5.92 Å². The van der Waals surface area contributed by atoms with Crippen molar-refractivity contribution in [1.29, 1.82) is 0 Å². The van der Waals surface area contributed by atoms with Crippen molar-refractivity contribution >= 4 is 12.6 Å². The smallest absolute Gasteiger partial charge is 0.423 e. The first-order valence-electron chi connectivity index (χ1n) is 6.47. The van der Waals surface area contributed by atoms with E-state index in [0.29, 0.717) is 6.54 Å². The van der Waals surface area contributed by atoms with Crippen molar-refractivity contribution in [3.8, 4) is 0 Å². The predicted molar refractivity (Wildman–Crippen MR) is 69.9 cm³/mol. The molecular formula is C13H19BFNO2. The van der Waals surface area contributed by atoms with E-state index in [0.717, 1.165) is 24.6 Å². The molecular weight excluding hydrogens is 232 g/mol. The van der Waals surface area contributed by atoms with Crippen LogP contribution in [0.25, 0.3) is 0 Å². The number of hydrogen-bond acceptors (Lipinski definition) is 3. The van der Waals surface area contributed by atoms with Crippen molar-refractivity contribution in [3.05, 3.63) is 29.6 Å². The van der Waals surface area contributed by atoms with Gasteiger partial charge in [0.25, 0.3) is 0 Å². The summed E-state index contributed by atoms with van der Waals surface area (Å²) in [7, 11) is -1.62. The molecule has 18 heavy (non-hydrogen) atoms. The van der Waals surface area contributed by atoms with Crippen molar-refractivity contribution in [2.45, 2.75) is 26.3 Å². The Morgan fingerprint density at radius 1 is 1.39 bits per heavy atom. The molecule has 1 fully saturated rings. The molecule has 1 saturated carbocycles. The maximum Gasteiger partial charge on any atom is 0.488 e. The summed E-state index contributed by atoms with van der Waals surface area (Å²) in [5.74, 6) is 0.347. The molecule has 0 amide bonds. The fraction of sp³-hybridized carbons (Fsp3) is 0.538. The monoisotopic (exact) mass is 251 g/mol. The van der Waals surface area contributed by atoms with Gasteiger partial charge in [0.2, 0.25) is 0 Å². The Bertz CT molecular complexity index is 410. The highest BCUT2D eigenvalue weighted by Crippen LogP contribution is 2.30. The summed E-state index contributed by atoms with van der Waals surface area (Å²) in [5.41, 5.74) is 1.05. The largest absolute Gasteiger partial charge is 0.488 e. The molecule has 1 aromatic carbocycles. The van der Waals surface area contributed by atoms with Gasteiger partial charge in [-0.2, -0.15) is 0 Å². The number of nitrogens with zero attached hydrogens (tertiary/aromatic N) is 1. The Morgan fingerprint density at radius 2 is 2.11 bits per heavy atom. The Hall–Kier alpha value is -0.905. The first kappa shape index (κ1) is 13.5. The quantitative estimate of drug-likeness (QED) is 0.733. The van der Waals surface area contributed by atoms with Crippen LogP contribution in [0.15, 0.2) is 18.2 Å². The summed E-state index contributed by atoms with van der Waals surface area (Å²) in [4.78, 5) is 2.26. The van der Waals surface area contributed by atoms with Crippen LogP contribution in [0.1, 0.15) is 25.3 Å². The molecule has 1 aromatic rings. The van der Waals surface area contributed by atoms with Crippen molar-refractivity contribution < 1.29 is 14.4 Å². The lowest BCUT2D eigenvalue weighted by Gasteiger charge is -2.22. The highest BCUT2D eigenvalue weighted by molar-refractivity contribution is 6.59. The van der Waals surface area contributed by atoms with Crippen LogP contribution in [0.3, 0.4) is 0 Å². The normalized spacial score (nSPS) is 15.2. The second kappa shape index (κ2) is 5.82. The van der Waals surface area contributed by atoms with E-state index in [1.165, 1.54) is 25.0 Å². The van der Waals surface area contributed by atoms with Crippen LogP contribution >= 0.6 is 0 Å². The zero-order valence-corrected chi connectivity index (χ0v) is 10.6. The summed E-state index contributed by atoms with van der Waals surface area (Å²) >= 11 is 0. The molecule has 0 spiro atoms. The van der Waals surface area contributed by atoms with Crippen LogP contribution in [0.5, 0.6) is 0 Å². The van der Waals surface area contributed by atoms with Crippen LogP contribution in [-0.4, -0.2) is 35.2 Å². The number of halogens is 1. The third-order valence-electron chi connectivity index (χ3n) is 3.44. The molecule has 2 N–H and O–H groups in total. The van der Waals surface area contributed by atoms with E-state index in [1.807, 2.05) is 0 Å². The minimum absolute atomic E-state index is 0.268. The van der Waals surface area contributed by atoms with E-state index >= 15 is 0 Å². The molecule has 0 saturated heterocycles. The lowest BCUT2D eigenvalue weighted by Crippen LogP contribution is -2.36. The van der Waals surface area contributed by atoms with Gasteiger partial charge in [-0.25, -0.2) is 4.39 Å². The average Bonchev–Trinajstić information content (AvgIpc) is 3.14. The molecule has 0 atom stereocenters. The fourth-order valence-electron chi connectivity index (χ4n) is 2.16. The molecule has 0 heterocycles. The van der Waals surface area contributed by atoms with Gasteiger partial charge in [0.05, 0.1) is 0 Å². The maximum absolute atomic E-state index is 13.1. The summed E-state index contributed by atoms with van der Waals surface area (Å²) in [6, 6.07) is 4.21. The highest BCUT2D eigenvalue weighted by Gasteiger charge is 2.25. The zero-order valence-electron chi connectivity index (χ0n) is 10.6. The Kier molecular flexibility index (Phi) is 4.38. The highest BCUT2D eigenvalue weighted by atomic mass is 19.1. The van der Waals surface area contributed by atoms with Gasteiger partial charge < -0.3 is 10.0 Å². The van der Waals surface area contributed by atoms with Gasteiger partial charge in [-0.3, -0.25) is 4.90 Å². The van der Waals surface area contributed by atoms with E-state index in [4.69, 9.17) is 0 Å². The molecule has 3 nitrogen and oxygen atoms in total. The van der Waals surface area contributed by atoms with E-state index < -0.39 is 12.9 Å². The molecule has 1 aliphatic rings. The second-order valence-electron chi connectivity index (χ2n) is 4.99. The lowest BCUT2D eigenvalue weighted by molar-refractivity contribution is 0.268. The zero-order chi connectivity index (χ0) is 13.1. The Balaban J connectivity index is 2.10. The summed E-state index contributed by atoms with van der Waals surface area (Å²) in [5, 5.41) is 18.6. The minimum atomic E-state index is -1.62. The first-order chi connectivity index (χ1) is 8.60. The average molecular weight is 251 g/mol. The van der Waals surface area contributed by atoms with Crippen LogP contribution in [0, 0.1) is 11.7 Å². The van der Waals surface area contributed by atoms with Crippen molar-refractivity contribution in [1.82, 2.24) is 4.90 Å². The van der Waals surface area contributed by atoms with Gasteiger partial charge >= 0.3 is 7.12 Å². The predicted octanol–water partition coefficient (Wildman–Crippen LogP) is 0.737. The third kappa shape index (κ3) is 3.54. The summed E-state index contributed by atoms with van der Waals surface area (Å²) in [6.07, 6.45) is 2.57. The van der Waals surface area contributed by atoms with Gasteiger partial charge in [0.1, 0.15) is 5.82 Å². The lowest BCUT2D eigenvalue weighted by atomic mass is 9.77. The number of rotatable bonds is 6. The van der Waals surface area contributed by atoms with Crippen molar-refractivity contribution in [2.75, 3.05) is 13.1 Å². The summed E-state index contributed by atoms with van der Waals surface area (Å²) in [6.45, 7) is 4.67. The molecule has 0 radical (unpaired) electrons. The second-order valence-corrected chi connectivity index (χ2v) is 4.99. The van der Waals surface area contributed by atoms with Crippen LogP contribution in [0.4, 0.5) is 4.39 Å². The van der Waals surface area contributed by atoms with E-state index in [1.54, 1.807) is 6.07 Å². The first-order valence-corrected chi connectivity index (χ1v) is 6.47. The topological polar surface area (TPSA) is 43.7 Å². The van der Waals surface area contributed by atoms with Gasteiger partial charge in [0.15, 0.2) is 0 Å². The Labute approximate surface area is 107 Å². The standard InChI is InChI=1S/C13H19BFNO2/c1-2-16(8-10-3-4-10)9-11-5-6-12(15)7-13(11)14(17)18/h5-7,10,17-18H,2-4,8-9H2,1H3. The fourth-order valence-corrected chi connectivity index (χ4v) is 2.16. The molecule has 5 heteroatoms. The van der Waals surface area contributed by atoms with Gasteiger partial charge in [-0.15, -0.1) is 0 Å². The number of hydrogen-bond donors (Lipinski definition) is 2. The van der Waals surface area contributed by atoms with E-state index in [9.17, 15) is 14.4 Å². The van der Waals surface area contributed by atoms with Crippen LogP contribution in [0.2, 0.25) is 0 Å². The van der Waals surface area contributed by atoms with Crippen molar-refractivity contribution in [3.63, 3.8) is 0 Å². The molecule has 0 aliphatic heterocycles. The SMILES string of the molecule is CCN(Cc1ccc(F)cc1B(O)O)CC1CC1. The van der Waals surface area contributed by atoms with E-state index in [-0.39, 0.29) is 5.46 Å². The molecule has 1 aliphatic carbocycles. The third-order valence-corrected chi connectivity index (χ3v) is 3.44. The van der Waals surface area contributed by atoms with Crippen LogP contribution in [-0.2, 0) is 6.54 Å². The molecule has 98 valence electrons. The summed E-state index contributed by atoms with van der Waals surface area (Å²) < 4.78 is 13.1. The molecule has 0 bridgehead atoms. The molecule has 0 unspecified atom stereocenters. The molecule has 0 aromatic heterocycles. The van der Waals surface area contributed by atoms with E-state index in [2.05, 4.69) is 11.8 Å². The molecule has 2 rings (SSSR count). The number of benzene rings is 1. The van der Waals surface area contributed by atoms with Gasteiger partial charge in [0, 0.05) is 13.1 Å². The Morgan fingerprint density at radius 3 is 2.67 bits per heavy atom. The minimum Gasteiger partial charge on any atom is -0.423 e. The van der Waals surface area contributed by atoms with Crippen LogP contribution < -0.4 is 5.46 Å². The van der Waals surface area contributed by atoms with Gasteiger partial charge in [-0.1, -0.05) is 13.0 Å². The van der Waals surface area contributed by atoms with Gasteiger partial charge in [-0.05, 0) is 48.5 Å². The maximum atomic E-state index is 13.1.